The van der Waals surface area contributed by atoms with Gasteiger partial charge in [-0.3, -0.25) is 4.90 Å². The number of para-hydroxylation sites is 1. The summed E-state index contributed by atoms with van der Waals surface area (Å²) in [6, 6.07) is 8.54. The molecule has 4 heteroatoms. The Morgan fingerprint density at radius 1 is 1.38 bits per heavy atom. The number of allylic oxidation sites excluding steroid dienone is 1. The zero-order chi connectivity index (χ0) is 16.7. The number of fused-ring (bicyclic) bond motifs is 5. The Hall–Kier alpha value is -2.07. The second kappa shape index (κ2) is 6.10. The summed E-state index contributed by atoms with van der Waals surface area (Å²) < 4.78 is 6.95. The lowest BCUT2D eigenvalue weighted by atomic mass is 9.83. The highest BCUT2D eigenvalue weighted by molar-refractivity contribution is 5.94. The van der Waals surface area contributed by atoms with Gasteiger partial charge in [-0.1, -0.05) is 30.7 Å². The Labute approximate surface area is 142 Å². The molecule has 0 bridgehead atoms. The number of carbonyl (C=O) groups excluding carboxylic acids is 1. The highest BCUT2D eigenvalue weighted by atomic mass is 16.5. The first-order valence-electron chi connectivity index (χ1n) is 8.82. The van der Waals surface area contributed by atoms with E-state index in [0.717, 1.165) is 37.1 Å². The van der Waals surface area contributed by atoms with Crippen LogP contribution in [0.2, 0.25) is 0 Å². The summed E-state index contributed by atoms with van der Waals surface area (Å²) >= 11 is 0. The van der Waals surface area contributed by atoms with Gasteiger partial charge in [-0.25, -0.2) is 9.36 Å². The molecule has 0 aliphatic carbocycles. The number of rotatable bonds is 2. The van der Waals surface area contributed by atoms with E-state index in [1.54, 1.807) is 0 Å². The van der Waals surface area contributed by atoms with Crippen LogP contribution in [0, 0.1) is 0 Å². The van der Waals surface area contributed by atoms with E-state index in [0.29, 0.717) is 12.0 Å². The third-order valence-electron chi connectivity index (χ3n) is 5.55. The average Bonchev–Trinajstić information content (AvgIpc) is 2.97. The van der Waals surface area contributed by atoms with Gasteiger partial charge in [0.2, 0.25) is 0 Å². The number of hydrogen-bond donors (Lipinski definition) is 0. The molecule has 1 fully saturated rings. The molecule has 1 saturated heterocycles. The van der Waals surface area contributed by atoms with Crippen LogP contribution in [0.3, 0.4) is 0 Å². The van der Waals surface area contributed by atoms with Crippen molar-refractivity contribution >= 4 is 17.0 Å². The van der Waals surface area contributed by atoms with Crippen LogP contribution in [-0.2, 0) is 4.74 Å². The third kappa shape index (κ3) is 2.20. The van der Waals surface area contributed by atoms with Gasteiger partial charge in [-0.15, -0.1) is 6.58 Å². The molecule has 4 nitrogen and oxygen atoms in total. The van der Waals surface area contributed by atoms with Crippen molar-refractivity contribution in [1.82, 2.24) is 9.47 Å². The molecule has 0 saturated carbocycles. The van der Waals surface area contributed by atoms with Crippen LogP contribution in [-0.4, -0.2) is 35.8 Å². The first-order chi connectivity index (χ1) is 11.8. The Bertz CT molecular complexity index is 792. The van der Waals surface area contributed by atoms with Crippen LogP contribution in [0.25, 0.3) is 10.9 Å². The maximum Gasteiger partial charge on any atom is 0.418 e. The Kier molecular flexibility index (Phi) is 3.93. The lowest BCUT2D eigenvalue weighted by Gasteiger charge is -2.43. The van der Waals surface area contributed by atoms with E-state index in [1.807, 2.05) is 22.8 Å². The fourth-order valence-corrected chi connectivity index (χ4v) is 4.62. The summed E-state index contributed by atoms with van der Waals surface area (Å²) in [5, 5.41) is 1.19. The number of benzene rings is 1. The van der Waals surface area contributed by atoms with Crippen LogP contribution in [0.15, 0.2) is 36.9 Å². The normalized spacial score (nSPS) is 23.5. The van der Waals surface area contributed by atoms with Crippen molar-refractivity contribution in [1.29, 1.82) is 0 Å². The standard InChI is InChI=1S/C20H24N2O2/c1-3-8-14-13-21-12-7-6-11-17(21)19-18(14)15-9-4-5-10-16(15)22(19)20(23)24-2/h3-5,9-10,14,17H,1,6-8,11-13H2,2H3/t14-,17-/m0/s1. The van der Waals surface area contributed by atoms with Crippen molar-refractivity contribution in [3.8, 4) is 0 Å². The van der Waals surface area contributed by atoms with Crippen LogP contribution in [0.1, 0.15) is 48.9 Å². The number of piperidine rings is 1. The number of ether oxygens (including phenoxy) is 1. The molecule has 2 aromatic rings. The third-order valence-corrected chi connectivity index (χ3v) is 5.55. The van der Waals surface area contributed by atoms with E-state index < -0.39 is 0 Å². The Morgan fingerprint density at radius 2 is 2.21 bits per heavy atom. The molecular formula is C20H24N2O2. The summed E-state index contributed by atoms with van der Waals surface area (Å²) in [6.45, 7) is 6.12. The molecule has 1 aromatic carbocycles. The number of nitrogens with zero attached hydrogens (tertiary/aromatic N) is 2. The van der Waals surface area contributed by atoms with Gasteiger partial charge < -0.3 is 4.74 Å². The SMILES string of the molecule is C=CC[C@H]1CN2CCCC[C@H]2c2c1c1ccccc1n2C(=O)OC. The first-order valence-corrected chi connectivity index (χ1v) is 8.82. The minimum atomic E-state index is -0.280. The van der Waals surface area contributed by atoms with Crippen LogP contribution in [0.5, 0.6) is 0 Å². The molecule has 2 aliphatic heterocycles. The maximum absolute atomic E-state index is 12.6. The van der Waals surface area contributed by atoms with Gasteiger partial charge >= 0.3 is 6.09 Å². The van der Waals surface area contributed by atoms with Gasteiger partial charge in [-0.05, 0) is 37.4 Å². The summed E-state index contributed by atoms with van der Waals surface area (Å²) in [5.41, 5.74) is 3.45. The summed E-state index contributed by atoms with van der Waals surface area (Å²) in [4.78, 5) is 15.2. The molecular weight excluding hydrogens is 300 g/mol. The molecule has 0 spiro atoms. The lowest BCUT2D eigenvalue weighted by molar-refractivity contribution is 0.116. The van der Waals surface area contributed by atoms with Gasteiger partial charge in [0.25, 0.3) is 0 Å². The van der Waals surface area contributed by atoms with E-state index >= 15 is 0 Å². The van der Waals surface area contributed by atoms with E-state index in [9.17, 15) is 4.79 Å². The molecule has 0 radical (unpaired) electrons. The quantitative estimate of drug-likeness (QED) is 0.765. The molecule has 24 heavy (non-hydrogen) atoms. The molecule has 0 amide bonds. The van der Waals surface area contributed by atoms with E-state index in [2.05, 4.69) is 23.6 Å². The molecule has 4 rings (SSSR count). The zero-order valence-corrected chi connectivity index (χ0v) is 14.2. The molecule has 0 unspecified atom stereocenters. The molecule has 3 heterocycles. The molecule has 1 aromatic heterocycles. The minimum absolute atomic E-state index is 0.280. The monoisotopic (exact) mass is 324 g/mol. The topological polar surface area (TPSA) is 34.5 Å². The second-order valence-electron chi connectivity index (χ2n) is 6.85. The maximum atomic E-state index is 12.6. The number of carbonyl (C=O) groups is 1. The summed E-state index contributed by atoms with van der Waals surface area (Å²) in [7, 11) is 1.46. The van der Waals surface area contributed by atoms with Gasteiger partial charge in [0, 0.05) is 17.8 Å². The van der Waals surface area contributed by atoms with Gasteiger partial charge in [-0.2, -0.15) is 0 Å². The minimum Gasteiger partial charge on any atom is -0.452 e. The van der Waals surface area contributed by atoms with Crippen molar-refractivity contribution in [2.75, 3.05) is 20.2 Å². The Morgan fingerprint density at radius 3 is 3.00 bits per heavy atom. The van der Waals surface area contributed by atoms with Gasteiger partial charge in [0.05, 0.1) is 24.4 Å². The average molecular weight is 324 g/mol. The van der Waals surface area contributed by atoms with Crippen molar-refractivity contribution in [3.05, 3.63) is 48.2 Å². The number of aromatic nitrogens is 1. The van der Waals surface area contributed by atoms with Crippen LogP contribution >= 0.6 is 0 Å². The highest BCUT2D eigenvalue weighted by Gasteiger charge is 2.39. The summed E-state index contributed by atoms with van der Waals surface area (Å²) in [6.07, 6.45) is 6.23. The van der Waals surface area contributed by atoms with Crippen molar-refractivity contribution in [3.63, 3.8) is 0 Å². The first kappa shape index (κ1) is 15.5. The number of methoxy groups -OCH3 is 1. The largest absolute Gasteiger partial charge is 0.452 e. The smallest absolute Gasteiger partial charge is 0.418 e. The molecule has 126 valence electrons. The van der Waals surface area contributed by atoms with Crippen molar-refractivity contribution in [2.24, 2.45) is 0 Å². The van der Waals surface area contributed by atoms with Gasteiger partial charge in [0.1, 0.15) is 0 Å². The summed E-state index contributed by atoms with van der Waals surface area (Å²) in [5.74, 6) is 0.391. The lowest BCUT2D eigenvalue weighted by Crippen LogP contribution is -2.42. The Balaban J connectivity index is 2.01. The van der Waals surface area contributed by atoms with Crippen molar-refractivity contribution in [2.45, 2.75) is 37.6 Å². The zero-order valence-electron chi connectivity index (χ0n) is 14.2. The second-order valence-corrected chi connectivity index (χ2v) is 6.85. The van der Waals surface area contributed by atoms with E-state index in [-0.39, 0.29) is 6.09 Å². The predicted octanol–water partition coefficient (Wildman–Crippen LogP) is 4.46. The van der Waals surface area contributed by atoms with E-state index in [4.69, 9.17) is 4.74 Å². The van der Waals surface area contributed by atoms with E-state index in [1.165, 1.54) is 30.9 Å². The fourth-order valence-electron chi connectivity index (χ4n) is 4.62. The fraction of sp³-hybridized carbons (Fsp3) is 0.450. The van der Waals surface area contributed by atoms with Crippen LogP contribution < -0.4 is 0 Å². The molecule has 0 N–H and O–H groups in total. The highest BCUT2D eigenvalue weighted by Crippen LogP contribution is 2.46. The number of hydrogen-bond acceptors (Lipinski definition) is 3. The predicted molar refractivity (Wildman–Crippen MR) is 95.5 cm³/mol. The van der Waals surface area contributed by atoms with Gasteiger partial charge in [0.15, 0.2) is 0 Å². The molecule has 2 aliphatic rings. The van der Waals surface area contributed by atoms with Crippen molar-refractivity contribution < 1.29 is 9.53 Å². The molecule has 2 atom stereocenters. The van der Waals surface area contributed by atoms with Crippen LogP contribution in [0.4, 0.5) is 4.79 Å².